The van der Waals surface area contributed by atoms with Gasteiger partial charge in [0.1, 0.15) is 17.3 Å². The van der Waals surface area contributed by atoms with Gasteiger partial charge in [-0.15, -0.1) is 5.10 Å². The number of amides is 1. The molecule has 230 valence electrons. The van der Waals surface area contributed by atoms with Crippen molar-refractivity contribution in [3.63, 3.8) is 0 Å². The van der Waals surface area contributed by atoms with E-state index in [9.17, 15) is 26.4 Å². The van der Waals surface area contributed by atoms with Gasteiger partial charge in [-0.2, -0.15) is 13.2 Å². The van der Waals surface area contributed by atoms with Gasteiger partial charge in [0.15, 0.2) is 5.82 Å². The zero-order valence-electron chi connectivity index (χ0n) is 25.0. The molecule has 1 fully saturated rings. The molecule has 0 aromatic carbocycles. The molecule has 14 heteroatoms. The van der Waals surface area contributed by atoms with E-state index < -0.39 is 39.7 Å². The number of halogens is 3. The average Bonchev–Trinajstić information content (AvgIpc) is 3.51. The van der Waals surface area contributed by atoms with Crippen molar-refractivity contribution < 1.29 is 31.1 Å². The fraction of sp³-hybridized carbons (Fsp3) is 0.536. The highest BCUT2D eigenvalue weighted by molar-refractivity contribution is 7.90. The summed E-state index contributed by atoms with van der Waals surface area (Å²) in [4.78, 5) is 20.3. The van der Waals surface area contributed by atoms with E-state index in [1.165, 1.54) is 29.1 Å². The second-order valence-electron chi connectivity index (χ2n) is 12.3. The van der Waals surface area contributed by atoms with Crippen molar-refractivity contribution in [3.8, 4) is 11.7 Å². The maximum Gasteiger partial charge on any atom is 0.397 e. The molecular weight excluding hydrogens is 573 g/mol. The lowest BCUT2D eigenvalue weighted by Gasteiger charge is -2.34. The molecule has 0 saturated carbocycles. The van der Waals surface area contributed by atoms with Gasteiger partial charge in [-0.05, 0) is 71.6 Å². The second-order valence-corrected chi connectivity index (χ2v) is 13.9. The minimum Gasteiger partial charge on any atom is -0.476 e. The van der Waals surface area contributed by atoms with E-state index in [4.69, 9.17) is 9.72 Å². The molecule has 4 heterocycles. The number of hydrogen-bond acceptors (Lipinski definition) is 7. The zero-order valence-corrected chi connectivity index (χ0v) is 25.8. The van der Waals surface area contributed by atoms with E-state index in [0.29, 0.717) is 17.8 Å². The number of aromatic nitrogens is 4. The standard InChI is InChI=1S/C28H37F3N6O4S/c1-17-13-27(6,7)36(14-17)24-20(25(38)34-42(39,40)23-18(2)15-35(8)19(23)3)9-10-21(32-24)37-12-11-22(33-37)41-16-26(4,5)28(29,30)31/h9-12,15,17H,13-14,16H2,1-8H3,(H,34,38)/t17-/m0/s1. The molecule has 0 radical (unpaired) electrons. The van der Waals surface area contributed by atoms with Crippen LogP contribution in [0.15, 0.2) is 35.5 Å². The normalized spacial score (nSPS) is 17.5. The molecule has 1 aliphatic heterocycles. The van der Waals surface area contributed by atoms with Gasteiger partial charge < -0.3 is 14.2 Å². The lowest BCUT2D eigenvalue weighted by Crippen LogP contribution is -2.41. The molecule has 1 saturated heterocycles. The maximum atomic E-state index is 13.5. The summed E-state index contributed by atoms with van der Waals surface area (Å²) in [6.07, 6.45) is -0.468. The van der Waals surface area contributed by atoms with Crippen LogP contribution in [0.3, 0.4) is 0 Å². The molecule has 4 rings (SSSR count). The smallest absolute Gasteiger partial charge is 0.397 e. The summed E-state index contributed by atoms with van der Waals surface area (Å²) >= 11 is 0. The van der Waals surface area contributed by atoms with Crippen LogP contribution in [-0.2, 0) is 17.1 Å². The van der Waals surface area contributed by atoms with E-state index in [2.05, 4.69) is 16.7 Å². The van der Waals surface area contributed by atoms with Crippen molar-refractivity contribution in [2.45, 2.75) is 71.5 Å². The van der Waals surface area contributed by atoms with Crippen molar-refractivity contribution in [2.75, 3.05) is 18.1 Å². The summed E-state index contributed by atoms with van der Waals surface area (Å²) in [7, 11) is -2.47. The third-order valence-electron chi connectivity index (χ3n) is 7.68. The van der Waals surface area contributed by atoms with Gasteiger partial charge in [-0.1, -0.05) is 6.92 Å². The predicted octanol–water partition coefficient (Wildman–Crippen LogP) is 4.93. The Labute approximate surface area is 243 Å². The van der Waals surface area contributed by atoms with Gasteiger partial charge in [0.25, 0.3) is 15.9 Å². The van der Waals surface area contributed by atoms with Crippen LogP contribution in [0.4, 0.5) is 19.0 Å². The quantitative estimate of drug-likeness (QED) is 0.385. The topological polar surface area (TPSA) is 111 Å². The number of alkyl halides is 3. The highest BCUT2D eigenvalue weighted by atomic mass is 32.2. The van der Waals surface area contributed by atoms with Crippen molar-refractivity contribution >= 4 is 21.7 Å². The Balaban J connectivity index is 1.69. The molecule has 0 unspecified atom stereocenters. The molecule has 42 heavy (non-hydrogen) atoms. The summed E-state index contributed by atoms with van der Waals surface area (Å²) in [5, 5.41) is 4.23. The Kier molecular flexibility index (Phi) is 7.94. The molecule has 0 aliphatic carbocycles. The number of pyridine rings is 1. The zero-order chi connectivity index (χ0) is 31.4. The molecule has 3 aromatic rings. The lowest BCUT2D eigenvalue weighted by molar-refractivity contribution is -0.219. The Morgan fingerprint density at radius 2 is 1.86 bits per heavy atom. The summed E-state index contributed by atoms with van der Waals surface area (Å²) in [5.74, 6) is -0.0266. The second kappa shape index (κ2) is 10.6. The van der Waals surface area contributed by atoms with Gasteiger partial charge in [0.05, 0.1) is 11.0 Å². The molecule has 0 spiro atoms. The summed E-state index contributed by atoms with van der Waals surface area (Å²) < 4.78 is 76.9. The molecule has 0 bridgehead atoms. The molecule has 3 aromatic heterocycles. The Morgan fingerprint density at radius 3 is 2.40 bits per heavy atom. The monoisotopic (exact) mass is 610 g/mol. The van der Waals surface area contributed by atoms with Crippen LogP contribution in [0, 0.1) is 25.2 Å². The minimum absolute atomic E-state index is 0.0210. The highest BCUT2D eigenvalue weighted by Gasteiger charge is 2.48. The number of aryl methyl sites for hydroxylation is 2. The van der Waals surface area contributed by atoms with Crippen LogP contribution in [0.1, 0.15) is 62.7 Å². The van der Waals surface area contributed by atoms with Gasteiger partial charge in [-0.25, -0.2) is 22.8 Å². The largest absolute Gasteiger partial charge is 0.476 e. The van der Waals surface area contributed by atoms with Crippen LogP contribution in [-0.4, -0.2) is 58.5 Å². The Morgan fingerprint density at radius 1 is 1.19 bits per heavy atom. The number of hydrogen-bond donors (Lipinski definition) is 1. The van der Waals surface area contributed by atoms with Gasteiger partial charge in [-0.3, -0.25) is 4.79 Å². The first-order valence-corrected chi connectivity index (χ1v) is 15.0. The van der Waals surface area contributed by atoms with Gasteiger partial charge in [0, 0.05) is 43.3 Å². The first-order valence-electron chi connectivity index (χ1n) is 13.5. The Bertz CT molecular complexity index is 1610. The number of rotatable bonds is 8. The fourth-order valence-corrected chi connectivity index (χ4v) is 6.75. The number of ether oxygens (including phenoxy) is 1. The van der Waals surface area contributed by atoms with Crippen molar-refractivity contribution in [3.05, 3.63) is 47.4 Å². The summed E-state index contributed by atoms with van der Waals surface area (Å²) in [6, 6.07) is 4.39. The molecule has 1 amide bonds. The number of sulfonamides is 1. The first-order chi connectivity index (χ1) is 19.2. The number of nitrogens with one attached hydrogen (secondary N) is 1. The van der Waals surface area contributed by atoms with Gasteiger partial charge in [0.2, 0.25) is 5.88 Å². The third-order valence-corrected chi connectivity index (χ3v) is 9.29. The summed E-state index contributed by atoms with van der Waals surface area (Å²) in [5.41, 5.74) is -1.41. The van der Waals surface area contributed by atoms with Crippen LogP contribution in [0.2, 0.25) is 0 Å². The van der Waals surface area contributed by atoms with E-state index >= 15 is 0 Å². The summed E-state index contributed by atoms with van der Waals surface area (Å²) in [6.45, 7) is 11.5. The highest BCUT2D eigenvalue weighted by Crippen LogP contribution is 2.39. The SMILES string of the molecule is Cc1cn(C)c(C)c1S(=O)(=O)NC(=O)c1ccc(-n2ccc(OCC(C)(C)C(F)(F)F)n2)nc1N1C[C@@H](C)CC1(C)C. The van der Waals surface area contributed by atoms with Crippen LogP contribution in [0.5, 0.6) is 5.88 Å². The number of carbonyl (C=O) groups is 1. The molecule has 1 aliphatic rings. The van der Waals surface area contributed by atoms with Crippen LogP contribution in [0.25, 0.3) is 5.82 Å². The number of carbonyl (C=O) groups excluding carboxylic acids is 1. The maximum absolute atomic E-state index is 13.5. The molecular formula is C28H37F3N6O4S. The van der Waals surface area contributed by atoms with E-state index in [1.807, 2.05) is 18.7 Å². The van der Waals surface area contributed by atoms with Crippen molar-refractivity contribution in [1.29, 1.82) is 0 Å². The van der Waals surface area contributed by atoms with Crippen LogP contribution >= 0.6 is 0 Å². The van der Waals surface area contributed by atoms with E-state index in [0.717, 1.165) is 20.3 Å². The molecule has 1 atom stereocenters. The Hall–Kier alpha value is -3.55. The molecule has 10 nitrogen and oxygen atoms in total. The molecule has 1 N–H and O–H groups in total. The van der Waals surface area contributed by atoms with Crippen molar-refractivity contribution in [2.24, 2.45) is 18.4 Å². The first kappa shape index (κ1) is 31.4. The van der Waals surface area contributed by atoms with E-state index in [1.54, 1.807) is 31.7 Å². The average molecular weight is 611 g/mol. The van der Waals surface area contributed by atoms with Crippen molar-refractivity contribution in [1.82, 2.24) is 24.1 Å². The van der Waals surface area contributed by atoms with Crippen LogP contribution < -0.4 is 14.4 Å². The van der Waals surface area contributed by atoms with E-state index in [-0.39, 0.29) is 33.9 Å². The van der Waals surface area contributed by atoms with Gasteiger partial charge >= 0.3 is 6.18 Å². The number of nitrogens with zero attached hydrogens (tertiary/aromatic N) is 5. The minimum atomic E-state index is -4.45. The number of anilines is 1. The predicted molar refractivity (Wildman–Crippen MR) is 151 cm³/mol. The fourth-order valence-electron chi connectivity index (χ4n) is 5.28. The third kappa shape index (κ3) is 5.99. The lowest BCUT2D eigenvalue weighted by atomic mass is 9.94.